The molecule has 0 saturated heterocycles. The summed E-state index contributed by atoms with van der Waals surface area (Å²) in [7, 11) is 0. The third-order valence-electron chi connectivity index (χ3n) is 7.36. The van der Waals surface area contributed by atoms with Crippen LogP contribution in [0.1, 0.15) is 66.2 Å². The minimum absolute atomic E-state index is 0.0115. The first kappa shape index (κ1) is 47.0. The lowest BCUT2D eigenvalue weighted by Gasteiger charge is -2.34. The molecule has 0 bridgehead atoms. The van der Waals surface area contributed by atoms with E-state index in [-0.39, 0.29) is 38.1 Å². The summed E-state index contributed by atoms with van der Waals surface area (Å²) in [5.41, 5.74) is -1.62. The van der Waals surface area contributed by atoms with Crippen molar-refractivity contribution in [3.63, 3.8) is 0 Å². The van der Waals surface area contributed by atoms with Crippen LogP contribution in [0.2, 0.25) is 0 Å². The van der Waals surface area contributed by atoms with E-state index in [1.807, 2.05) is 13.8 Å². The molecule has 0 rings (SSSR count). The van der Waals surface area contributed by atoms with Gasteiger partial charge in [-0.15, -0.1) is 0 Å². The fourth-order valence-corrected chi connectivity index (χ4v) is 4.48. The predicted molar refractivity (Wildman–Crippen MR) is 178 cm³/mol. The molecule has 0 aromatic carbocycles. The van der Waals surface area contributed by atoms with Crippen LogP contribution in [-0.4, -0.2) is 148 Å². The van der Waals surface area contributed by atoms with Crippen molar-refractivity contribution in [2.45, 2.75) is 66.2 Å². The highest BCUT2D eigenvalue weighted by Crippen LogP contribution is 2.37. The number of carbonyl (C=O) groups excluding carboxylic acids is 3. The standard InChI is InChI=1S/C34H65NO14/c1-5-34(4,29-33(2,3)31(39)35-10-8-6-7-9-30(37)38)32(40)49-28-27-48-26-25-47-24-23-46-22-21-45-20-19-44-18-17-43-16-15-42-14-13-41-12-11-36/h36H,5-29H2,1-4H3,(H,35,39)(H,37,38)/p-1. The molecular weight excluding hydrogens is 646 g/mol. The Labute approximate surface area is 292 Å². The van der Waals surface area contributed by atoms with Crippen LogP contribution in [0.4, 0.5) is 0 Å². The number of unbranched alkanes of at least 4 members (excludes halogenated alkanes) is 2. The second-order valence-corrected chi connectivity index (χ2v) is 12.2. The molecule has 290 valence electrons. The summed E-state index contributed by atoms with van der Waals surface area (Å²) in [6.07, 6.45) is 2.74. The van der Waals surface area contributed by atoms with E-state index in [0.29, 0.717) is 138 Å². The van der Waals surface area contributed by atoms with Gasteiger partial charge in [-0.25, -0.2) is 0 Å². The molecule has 15 nitrogen and oxygen atoms in total. The number of ether oxygens (including phenoxy) is 9. The van der Waals surface area contributed by atoms with E-state index in [2.05, 4.69) is 5.32 Å². The zero-order valence-electron chi connectivity index (χ0n) is 30.4. The van der Waals surface area contributed by atoms with Gasteiger partial charge in [-0.2, -0.15) is 0 Å². The molecule has 2 N–H and O–H groups in total. The average molecular weight is 711 g/mol. The van der Waals surface area contributed by atoms with Gasteiger partial charge in [0.25, 0.3) is 0 Å². The minimum atomic E-state index is -1.07. The number of hydrogen-bond acceptors (Lipinski definition) is 14. The number of esters is 1. The van der Waals surface area contributed by atoms with E-state index < -0.39 is 16.8 Å². The third-order valence-corrected chi connectivity index (χ3v) is 7.36. The van der Waals surface area contributed by atoms with Gasteiger partial charge < -0.3 is 63.0 Å². The van der Waals surface area contributed by atoms with Gasteiger partial charge in [-0.05, 0) is 39.0 Å². The summed E-state index contributed by atoms with van der Waals surface area (Å²) >= 11 is 0. The van der Waals surface area contributed by atoms with Crippen LogP contribution in [0.25, 0.3) is 0 Å². The van der Waals surface area contributed by atoms with Crippen molar-refractivity contribution in [2.75, 3.05) is 125 Å². The van der Waals surface area contributed by atoms with Crippen molar-refractivity contribution in [1.29, 1.82) is 0 Å². The highest BCUT2D eigenvalue weighted by molar-refractivity contribution is 5.83. The molecule has 49 heavy (non-hydrogen) atoms. The van der Waals surface area contributed by atoms with E-state index in [1.165, 1.54) is 0 Å². The maximum Gasteiger partial charge on any atom is 0.311 e. The zero-order valence-corrected chi connectivity index (χ0v) is 30.4. The van der Waals surface area contributed by atoms with Gasteiger partial charge in [0.05, 0.1) is 118 Å². The first-order valence-corrected chi connectivity index (χ1v) is 17.5. The Hall–Kier alpha value is -1.95. The summed E-state index contributed by atoms with van der Waals surface area (Å²) in [6, 6.07) is 0. The lowest BCUT2D eigenvalue weighted by atomic mass is 9.72. The van der Waals surface area contributed by atoms with Crippen molar-refractivity contribution in [3.05, 3.63) is 0 Å². The number of nitrogens with one attached hydrogen (secondary N) is 1. The molecule has 0 aromatic heterocycles. The van der Waals surface area contributed by atoms with Crippen molar-refractivity contribution in [2.24, 2.45) is 10.8 Å². The summed E-state index contributed by atoms with van der Waals surface area (Å²) in [5.74, 6) is -1.59. The first-order valence-electron chi connectivity index (χ1n) is 17.5. The molecule has 0 fully saturated rings. The Balaban J connectivity index is 3.67. The minimum Gasteiger partial charge on any atom is -0.550 e. The van der Waals surface area contributed by atoms with E-state index in [4.69, 9.17) is 47.7 Å². The topological polar surface area (TPSA) is 190 Å². The van der Waals surface area contributed by atoms with Crippen molar-refractivity contribution >= 4 is 17.8 Å². The Bertz CT molecular complexity index is 816. The summed E-state index contributed by atoms with van der Waals surface area (Å²) in [4.78, 5) is 36.2. The van der Waals surface area contributed by atoms with E-state index in [9.17, 15) is 19.5 Å². The number of rotatable bonds is 37. The second-order valence-electron chi connectivity index (χ2n) is 12.2. The van der Waals surface area contributed by atoms with Gasteiger partial charge >= 0.3 is 5.97 Å². The molecule has 0 aliphatic heterocycles. The maximum atomic E-state index is 12.9. The van der Waals surface area contributed by atoms with Crippen molar-refractivity contribution < 1.29 is 67.2 Å². The fourth-order valence-electron chi connectivity index (χ4n) is 4.48. The SMILES string of the molecule is CCC(C)(CC(C)(C)C(=O)NCCCCCC(=O)[O-])C(=O)OCCOCCOCCOCCOCCOCCOCCOCCOCCO. The number of carbonyl (C=O) groups is 3. The van der Waals surface area contributed by atoms with Crippen LogP contribution in [0, 0.1) is 10.8 Å². The smallest absolute Gasteiger partial charge is 0.311 e. The molecule has 0 spiro atoms. The quantitative estimate of drug-likeness (QED) is 0.0684. The van der Waals surface area contributed by atoms with Gasteiger partial charge in [0.1, 0.15) is 6.61 Å². The van der Waals surface area contributed by atoms with Gasteiger partial charge in [0.15, 0.2) is 0 Å². The molecule has 0 aliphatic carbocycles. The van der Waals surface area contributed by atoms with Crippen LogP contribution >= 0.6 is 0 Å². The summed E-state index contributed by atoms with van der Waals surface area (Å²) in [6.45, 7) is 14.7. The molecule has 1 unspecified atom stereocenters. The lowest BCUT2D eigenvalue weighted by Crippen LogP contribution is -2.43. The highest BCUT2D eigenvalue weighted by Gasteiger charge is 2.41. The van der Waals surface area contributed by atoms with E-state index >= 15 is 0 Å². The van der Waals surface area contributed by atoms with Crippen molar-refractivity contribution in [3.8, 4) is 0 Å². The average Bonchev–Trinajstić information content (AvgIpc) is 3.07. The molecule has 1 atom stereocenters. The van der Waals surface area contributed by atoms with E-state index in [1.54, 1.807) is 13.8 Å². The normalized spacial score (nSPS) is 12.9. The number of carboxylic acid groups (broad SMARTS) is 1. The van der Waals surface area contributed by atoms with Gasteiger partial charge in [0, 0.05) is 17.9 Å². The summed E-state index contributed by atoms with van der Waals surface area (Å²) in [5, 5.41) is 22.0. The maximum absolute atomic E-state index is 12.9. The van der Waals surface area contributed by atoms with Gasteiger partial charge in [0.2, 0.25) is 5.91 Å². The molecule has 0 saturated carbocycles. The number of aliphatic hydroxyl groups excluding tert-OH is 1. The highest BCUT2D eigenvalue weighted by atomic mass is 16.6. The number of aliphatic carboxylic acids is 1. The zero-order chi connectivity index (χ0) is 36.5. The largest absolute Gasteiger partial charge is 0.550 e. The first-order chi connectivity index (χ1) is 23.6. The molecular formula is C34H64NO14-. The van der Waals surface area contributed by atoms with E-state index in [0.717, 1.165) is 0 Å². The number of aliphatic hydroxyl groups is 1. The molecule has 0 aromatic rings. The Morgan fingerprint density at radius 2 is 0.980 bits per heavy atom. The van der Waals surface area contributed by atoms with Crippen LogP contribution in [-0.2, 0) is 57.0 Å². The number of hydrogen-bond donors (Lipinski definition) is 2. The molecule has 0 heterocycles. The third kappa shape index (κ3) is 28.4. The Kier molecular flexibility index (Phi) is 30.7. The second kappa shape index (κ2) is 32.0. The molecule has 0 radical (unpaired) electrons. The fraction of sp³-hybridized carbons (Fsp3) is 0.912. The lowest BCUT2D eigenvalue weighted by molar-refractivity contribution is -0.305. The summed E-state index contributed by atoms with van der Waals surface area (Å²) < 4.78 is 48.6. The van der Waals surface area contributed by atoms with Crippen LogP contribution in [0.3, 0.4) is 0 Å². The van der Waals surface area contributed by atoms with Gasteiger partial charge in [-0.1, -0.05) is 27.2 Å². The molecule has 1 amide bonds. The molecule has 0 aliphatic rings. The Morgan fingerprint density at radius 3 is 1.35 bits per heavy atom. The van der Waals surface area contributed by atoms with Gasteiger partial charge in [-0.3, -0.25) is 9.59 Å². The number of carboxylic acids is 1. The monoisotopic (exact) mass is 710 g/mol. The molecule has 15 heteroatoms. The van der Waals surface area contributed by atoms with Crippen LogP contribution in [0.5, 0.6) is 0 Å². The number of amides is 1. The van der Waals surface area contributed by atoms with Crippen LogP contribution in [0.15, 0.2) is 0 Å². The Morgan fingerprint density at radius 1 is 0.592 bits per heavy atom. The predicted octanol–water partition coefficient (Wildman–Crippen LogP) is 0.914. The van der Waals surface area contributed by atoms with Crippen molar-refractivity contribution in [1.82, 2.24) is 5.32 Å². The van der Waals surface area contributed by atoms with Crippen LogP contribution < -0.4 is 10.4 Å².